The third-order valence-corrected chi connectivity index (χ3v) is 5.73. The van der Waals surface area contributed by atoms with E-state index in [0.29, 0.717) is 0 Å². The van der Waals surface area contributed by atoms with E-state index in [0.717, 1.165) is 19.3 Å². The van der Waals surface area contributed by atoms with Crippen molar-refractivity contribution in [2.45, 2.75) is 62.6 Å². The van der Waals surface area contributed by atoms with Crippen molar-refractivity contribution in [1.82, 2.24) is 0 Å². The average Bonchev–Trinajstić information content (AvgIpc) is 2.98. The van der Waals surface area contributed by atoms with E-state index in [1.807, 2.05) is 22.6 Å². The van der Waals surface area contributed by atoms with E-state index in [1.54, 1.807) is 7.11 Å². The maximum absolute atomic E-state index is 10.3. The summed E-state index contributed by atoms with van der Waals surface area (Å²) < 4.78 is 28.0. The molecule has 0 aromatic rings. The van der Waals surface area contributed by atoms with Gasteiger partial charge in [-0.1, -0.05) is 6.92 Å². The van der Waals surface area contributed by atoms with Gasteiger partial charge in [0.1, 0.15) is 21.8 Å². The first kappa shape index (κ1) is 18.9. The van der Waals surface area contributed by atoms with E-state index < -0.39 is 6.72 Å². The fourth-order valence-corrected chi connectivity index (χ4v) is 4.55. The molecule has 2 rings (SSSR count). The molecule has 7 unspecified atom stereocenters. The summed E-state index contributed by atoms with van der Waals surface area (Å²) >= 11 is 5.13. The van der Waals surface area contributed by atoms with Gasteiger partial charge in [-0.05, 0) is 31.1 Å². The van der Waals surface area contributed by atoms with E-state index in [2.05, 4.69) is 0 Å². The van der Waals surface area contributed by atoms with Crippen molar-refractivity contribution in [1.29, 1.82) is 0 Å². The number of hydrogen-bond donors (Lipinski definition) is 1. The molecule has 0 aromatic carbocycles. The van der Waals surface area contributed by atoms with Gasteiger partial charge in [0.15, 0.2) is 0 Å². The van der Waals surface area contributed by atoms with Crippen molar-refractivity contribution in [3.05, 3.63) is 0 Å². The quantitative estimate of drug-likeness (QED) is 0.492. The van der Waals surface area contributed by atoms with E-state index in [-0.39, 0.29) is 43.0 Å². The molecule has 0 aliphatic carbocycles. The molecule has 0 aromatic heterocycles. The first-order valence-corrected chi connectivity index (χ1v) is 10.4. The average molecular weight is 350 g/mol. The van der Waals surface area contributed by atoms with E-state index >= 15 is 0 Å². The van der Waals surface area contributed by atoms with Crippen molar-refractivity contribution in [2.75, 3.05) is 13.7 Å². The van der Waals surface area contributed by atoms with Crippen LogP contribution in [-0.2, 0) is 35.1 Å². The topological polar surface area (TPSA) is 66.4 Å². The molecule has 2 heterocycles. The lowest BCUT2D eigenvalue weighted by Gasteiger charge is -2.25. The second-order valence-corrected chi connectivity index (χ2v) is 8.82. The Bertz CT molecular complexity index is 417. The van der Waals surface area contributed by atoms with Gasteiger partial charge < -0.3 is 28.2 Å². The van der Waals surface area contributed by atoms with Crippen LogP contribution in [0.25, 0.3) is 0 Å². The molecule has 2 aliphatic rings. The van der Waals surface area contributed by atoms with E-state index in [1.165, 1.54) is 0 Å². The zero-order valence-electron chi connectivity index (χ0n) is 13.6. The summed E-state index contributed by atoms with van der Waals surface area (Å²) in [6.07, 6.45) is 1.84. The van der Waals surface area contributed by atoms with Crippen LogP contribution in [0.5, 0.6) is 0 Å². The second kappa shape index (κ2) is 8.08. The Balaban J connectivity index is 1.84. The van der Waals surface area contributed by atoms with Crippen molar-refractivity contribution >= 4 is 34.2 Å². The van der Waals surface area contributed by atoms with Gasteiger partial charge in [0.2, 0.25) is 0 Å². The van der Waals surface area contributed by atoms with Crippen molar-refractivity contribution in [3.63, 3.8) is 0 Å². The standard InChI is InChI=1S/C12H25B2O6PS/c1-3-7-9(5-12(14)18-7)20-21(15,22)17-6-10-8(16-2)4-11(13)19-10/h7-12H,3-6,13-14H2,1-2H3,(H,15,22). The van der Waals surface area contributed by atoms with Crippen LogP contribution >= 0.6 is 6.72 Å². The molecular weight excluding hydrogens is 325 g/mol. The van der Waals surface area contributed by atoms with E-state index in [4.69, 9.17) is 35.1 Å². The minimum absolute atomic E-state index is 0.0387. The van der Waals surface area contributed by atoms with Gasteiger partial charge in [-0.15, -0.1) is 0 Å². The van der Waals surface area contributed by atoms with Gasteiger partial charge in [-0.25, -0.2) is 0 Å². The highest BCUT2D eigenvalue weighted by Crippen LogP contribution is 2.48. The molecule has 0 saturated carbocycles. The van der Waals surface area contributed by atoms with Crippen LogP contribution in [0.15, 0.2) is 0 Å². The molecule has 2 saturated heterocycles. The van der Waals surface area contributed by atoms with Crippen molar-refractivity contribution in [3.8, 4) is 0 Å². The zero-order valence-corrected chi connectivity index (χ0v) is 15.3. The summed E-state index contributed by atoms with van der Waals surface area (Å²) in [5.41, 5.74) is 0. The van der Waals surface area contributed by atoms with Crippen molar-refractivity contribution in [2.24, 2.45) is 0 Å². The molecule has 6 nitrogen and oxygen atoms in total. The molecular formula is C12H25B2O6PS. The Hall–Kier alpha value is 0.540. The Morgan fingerprint density at radius 3 is 2.36 bits per heavy atom. The van der Waals surface area contributed by atoms with Gasteiger partial charge in [0.25, 0.3) is 0 Å². The molecule has 0 amide bonds. The summed E-state index contributed by atoms with van der Waals surface area (Å²) in [5, 5.41) is 0. The Labute approximate surface area is 139 Å². The first-order chi connectivity index (χ1) is 10.3. The van der Waals surface area contributed by atoms with Crippen LogP contribution in [0.4, 0.5) is 0 Å². The van der Waals surface area contributed by atoms with Crippen LogP contribution in [-0.4, -0.2) is 70.7 Å². The Morgan fingerprint density at radius 2 is 1.77 bits per heavy atom. The third-order valence-electron chi connectivity index (χ3n) is 4.15. The fourth-order valence-electron chi connectivity index (χ4n) is 3.07. The summed E-state index contributed by atoms with van der Waals surface area (Å²) in [6, 6.07) is 0.228. The molecule has 0 radical (unpaired) electrons. The van der Waals surface area contributed by atoms with E-state index in [9.17, 15) is 4.89 Å². The Morgan fingerprint density at radius 1 is 1.18 bits per heavy atom. The molecule has 10 heteroatoms. The smallest absolute Gasteiger partial charge is 0.324 e. The summed E-state index contributed by atoms with van der Waals surface area (Å²) in [7, 11) is 5.62. The largest absolute Gasteiger partial charge is 0.381 e. The molecule has 7 atom stereocenters. The fraction of sp³-hybridized carbons (Fsp3) is 1.00. The maximum Gasteiger partial charge on any atom is 0.324 e. The van der Waals surface area contributed by atoms with Crippen LogP contribution in [0.1, 0.15) is 26.2 Å². The SMILES string of the molecule is BC1CC(OC)C(COP(O)(=S)OC2CC(B)OC2CC)O1. The first-order valence-electron chi connectivity index (χ1n) is 7.84. The zero-order chi connectivity index (χ0) is 16.3. The Kier molecular flexibility index (Phi) is 6.93. The minimum Gasteiger partial charge on any atom is -0.381 e. The lowest BCUT2D eigenvalue weighted by atomic mass is 9.96. The van der Waals surface area contributed by atoms with Gasteiger partial charge in [-0.3, -0.25) is 0 Å². The van der Waals surface area contributed by atoms with Gasteiger partial charge >= 0.3 is 6.72 Å². The summed E-state index contributed by atoms with van der Waals surface area (Å²) in [6.45, 7) is -1.11. The minimum atomic E-state index is -3.31. The monoisotopic (exact) mass is 350 g/mol. The predicted molar refractivity (Wildman–Crippen MR) is 92.1 cm³/mol. The highest BCUT2D eigenvalue weighted by atomic mass is 32.5. The normalized spacial score (nSPS) is 41.6. The predicted octanol–water partition coefficient (Wildman–Crippen LogP) is -0.474. The van der Waals surface area contributed by atoms with Gasteiger partial charge in [0, 0.05) is 19.1 Å². The highest BCUT2D eigenvalue weighted by molar-refractivity contribution is 8.07. The van der Waals surface area contributed by atoms with Gasteiger partial charge in [0.05, 0.1) is 24.9 Å². The molecule has 2 fully saturated rings. The maximum atomic E-state index is 10.3. The summed E-state index contributed by atoms with van der Waals surface area (Å²) in [5.74, 6) is 0. The van der Waals surface area contributed by atoms with Gasteiger partial charge in [-0.2, -0.15) is 0 Å². The van der Waals surface area contributed by atoms with Crippen LogP contribution in [0.2, 0.25) is 0 Å². The number of ether oxygens (including phenoxy) is 3. The van der Waals surface area contributed by atoms with Crippen LogP contribution in [0.3, 0.4) is 0 Å². The van der Waals surface area contributed by atoms with Crippen LogP contribution < -0.4 is 0 Å². The molecule has 22 heavy (non-hydrogen) atoms. The number of methoxy groups -OCH3 is 1. The molecule has 0 bridgehead atoms. The lowest BCUT2D eigenvalue weighted by Crippen LogP contribution is -2.29. The van der Waals surface area contributed by atoms with Crippen molar-refractivity contribution < 1.29 is 28.2 Å². The molecule has 1 N–H and O–H groups in total. The molecule has 2 aliphatic heterocycles. The van der Waals surface area contributed by atoms with Crippen LogP contribution in [0, 0.1) is 0 Å². The second-order valence-electron chi connectivity index (χ2n) is 6.03. The molecule has 126 valence electrons. The number of rotatable bonds is 7. The summed E-state index contributed by atoms with van der Waals surface area (Å²) in [4.78, 5) is 10.3. The third kappa shape index (κ3) is 5.02. The molecule has 0 spiro atoms. The number of hydrogen-bond acceptors (Lipinski definition) is 6. The highest BCUT2D eigenvalue weighted by Gasteiger charge is 2.38. The lowest BCUT2D eigenvalue weighted by molar-refractivity contribution is -0.0226.